The zero-order valence-electron chi connectivity index (χ0n) is 5.53. The van der Waals surface area contributed by atoms with Crippen LogP contribution in [-0.2, 0) is 11.4 Å². The molecule has 0 aromatic carbocycles. The SMILES string of the molecule is COc1cc(CON)on1. The van der Waals surface area contributed by atoms with Crippen molar-refractivity contribution in [3.05, 3.63) is 11.8 Å². The van der Waals surface area contributed by atoms with Crippen LogP contribution in [0.25, 0.3) is 0 Å². The molecule has 0 radical (unpaired) electrons. The summed E-state index contributed by atoms with van der Waals surface area (Å²) in [4.78, 5) is 4.30. The van der Waals surface area contributed by atoms with Crippen molar-refractivity contribution in [3.8, 4) is 5.88 Å². The first-order valence-corrected chi connectivity index (χ1v) is 2.68. The molecule has 0 amide bonds. The molecule has 0 fully saturated rings. The standard InChI is InChI=1S/C5H8N2O3/c1-8-5-2-4(3-9-6)10-7-5/h2H,3,6H2,1H3. The number of aromatic nitrogens is 1. The minimum absolute atomic E-state index is 0.205. The zero-order chi connectivity index (χ0) is 7.40. The molecule has 0 saturated carbocycles. The maximum absolute atomic E-state index is 4.78. The number of nitrogens with zero attached hydrogens (tertiary/aromatic N) is 1. The lowest BCUT2D eigenvalue weighted by Crippen LogP contribution is -1.97. The molecule has 1 rings (SSSR count). The number of hydrogen-bond donors (Lipinski definition) is 1. The first-order chi connectivity index (χ1) is 4.86. The zero-order valence-corrected chi connectivity index (χ0v) is 5.53. The first-order valence-electron chi connectivity index (χ1n) is 2.68. The van der Waals surface area contributed by atoms with Gasteiger partial charge < -0.3 is 9.26 Å². The molecule has 10 heavy (non-hydrogen) atoms. The third kappa shape index (κ3) is 1.46. The van der Waals surface area contributed by atoms with E-state index >= 15 is 0 Å². The number of nitrogens with two attached hydrogens (primary N) is 1. The Kier molecular flexibility index (Phi) is 2.24. The Hall–Kier alpha value is -1.07. The van der Waals surface area contributed by atoms with Gasteiger partial charge in [0.2, 0.25) is 0 Å². The Bertz CT molecular complexity index is 199. The third-order valence-corrected chi connectivity index (χ3v) is 0.972. The molecular formula is C5H8N2O3. The molecule has 0 unspecified atom stereocenters. The summed E-state index contributed by atoms with van der Waals surface area (Å²) in [5.41, 5.74) is 0. The van der Waals surface area contributed by atoms with E-state index in [1.165, 1.54) is 7.11 Å². The van der Waals surface area contributed by atoms with Gasteiger partial charge in [0.05, 0.1) is 7.11 Å². The van der Waals surface area contributed by atoms with Gasteiger partial charge in [0.25, 0.3) is 5.88 Å². The van der Waals surface area contributed by atoms with Crippen LogP contribution in [0.15, 0.2) is 10.6 Å². The van der Waals surface area contributed by atoms with Crippen molar-refractivity contribution in [2.24, 2.45) is 5.90 Å². The summed E-state index contributed by atoms with van der Waals surface area (Å²) in [5.74, 6) is 5.75. The molecule has 0 bridgehead atoms. The fourth-order valence-corrected chi connectivity index (χ4v) is 0.540. The van der Waals surface area contributed by atoms with Crippen LogP contribution in [0.2, 0.25) is 0 Å². The van der Waals surface area contributed by atoms with Crippen molar-refractivity contribution < 1.29 is 14.1 Å². The van der Waals surface area contributed by atoms with Gasteiger partial charge in [-0.15, -0.1) is 0 Å². The van der Waals surface area contributed by atoms with Crippen molar-refractivity contribution in [1.29, 1.82) is 0 Å². The fourth-order valence-electron chi connectivity index (χ4n) is 0.540. The summed E-state index contributed by atoms with van der Waals surface area (Å²) in [5, 5.41) is 3.52. The van der Waals surface area contributed by atoms with Crippen LogP contribution in [0.5, 0.6) is 5.88 Å². The molecule has 5 heteroatoms. The maximum atomic E-state index is 4.78. The van der Waals surface area contributed by atoms with E-state index in [2.05, 4.69) is 9.99 Å². The van der Waals surface area contributed by atoms with Crippen LogP contribution in [0.4, 0.5) is 0 Å². The maximum Gasteiger partial charge on any atom is 0.254 e. The average molecular weight is 144 g/mol. The van der Waals surface area contributed by atoms with Crippen molar-refractivity contribution in [1.82, 2.24) is 5.16 Å². The molecule has 0 spiro atoms. The minimum Gasteiger partial charge on any atom is -0.479 e. The Labute approximate surface area is 57.6 Å². The fraction of sp³-hybridized carbons (Fsp3) is 0.400. The van der Waals surface area contributed by atoms with Gasteiger partial charge in [-0.1, -0.05) is 0 Å². The summed E-state index contributed by atoms with van der Waals surface area (Å²) in [6, 6.07) is 1.60. The lowest BCUT2D eigenvalue weighted by Gasteiger charge is -1.86. The predicted octanol–water partition coefficient (Wildman–Crippen LogP) is 0.0735. The number of methoxy groups -OCH3 is 1. The largest absolute Gasteiger partial charge is 0.479 e. The van der Waals surface area contributed by atoms with Gasteiger partial charge in [0.1, 0.15) is 6.61 Å². The Balaban J connectivity index is 2.59. The van der Waals surface area contributed by atoms with Gasteiger partial charge in [-0.3, -0.25) is 4.84 Å². The van der Waals surface area contributed by atoms with E-state index in [4.69, 9.17) is 15.2 Å². The van der Waals surface area contributed by atoms with Crippen LogP contribution >= 0.6 is 0 Å². The summed E-state index contributed by atoms with van der Waals surface area (Å²) in [6.45, 7) is 0.205. The molecule has 1 aromatic rings. The van der Waals surface area contributed by atoms with Gasteiger partial charge in [0.15, 0.2) is 5.76 Å². The van der Waals surface area contributed by atoms with E-state index in [1.807, 2.05) is 0 Å². The van der Waals surface area contributed by atoms with E-state index < -0.39 is 0 Å². The average Bonchev–Trinajstić information content (AvgIpc) is 2.37. The highest BCUT2D eigenvalue weighted by molar-refractivity contribution is 5.09. The van der Waals surface area contributed by atoms with E-state index in [0.29, 0.717) is 11.6 Å². The van der Waals surface area contributed by atoms with Gasteiger partial charge in [0, 0.05) is 6.07 Å². The quantitative estimate of drug-likeness (QED) is 0.608. The third-order valence-electron chi connectivity index (χ3n) is 0.972. The Morgan fingerprint density at radius 1 is 1.80 bits per heavy atom. The molecule has 5 nitrogen and oxygen atoms in total. The monoisotopic (exact) mass is 144 g/mol. The van der Waals surface area contributed by atoms with Gasteiger partial charge in [-0.05, 0) is 5.16 Å². The van der Waals surface area contributed by atoms with Gasteiger partial charge in [-0.2, -0.15) is 0 Å². The van der Waals surface area contributed by atoms with Crippen molar-refractivity contribution >= 4 is 0 Å². The lowest BCUT2D eigenvalue weighted by molar-refractivity contribution is 0.103. The summed E-state index contributed by atoms with van der Waals surface area (Å²) >= 11 is 0. The van der Waals surface area contributed by atoms with Crippen LogP contribution in [0, 0.1) is 0 Å². The number of rotatable bonds is 3. The van der Waals surface area contributed by atoms with Crippen molar-refractivity contribution in [2.45, 2.75) is 6.61 Å². The molecule has 0 aliphatic heterocycles. The number of ether oxygens (including phenoxy) is 1. The molecule has 0 aliphatic rings. The predicted molar refractivity (Wildman–Crippen MR) is 32.0 cm³/mol. The van der Waals surface area contributed by atoms with Crippen LogP contribution in [0.1, 0.15) is 5.76 Å². The van der Waals surface area contributed by atoms with E-state index in [0.717, 1.165) is 0 Å². The molecule has 1 heterocycles. The summed E-state index contributed by atoms with van der Waals surface area (Å²) in [7, 11) is 1.50. The second-order valence-electron chi connectivity index (χ2n) is 1.65. The molecule has 1 aromatic heterocycles. The first kappa shape index (κ1) is 7.04. The molecule has 0 saturated heterocycles. The Morgan fingerprint density at radius 2 is 2.60 bits per heavy atom. The lowest BCUT2D eigenvalue weighted by atomic mass is 10.5. The van der Waals surface area contributed by atoms with Crippen LogP contribution in [0.3, 0.4) is 0 Å². The Morgan fingerprint density at radius 3 is 3.10 bits per heavy atom. The minimum atomic E-state index is 0.205. The van der Waals surface area contributed by atoms with Gasteiger partial charge >= 0.3 is 0 Å². The highest BCUT2D eigenvalue weighted by Gasteiger charge is 2.01. The highest BCUT2D eigenvalue weighted by Crippen LogP contribution is 2.10. The normalized spacial score (nSPS) is 9.80. The smallest absolute Gasteiger partial charge is 0.254 e. The molecular weight excluding hydrogens is 136 g/mol. The van der Waals surface area contributed by atoms with E-state index in [1.54, 1.807) is 6.07 Å². The molecule has 0 atom stereocenters. The topological polar surface area (TPSA) is 70.5 Å². The molecule has 0 aliphatic carbocycles. The summed E-state index contributed by atoms with van der Waals surface area (Å²) < 4.78 is 9.46. The summed E-state index contributed by atoms with van der Waals surface area (Å²) in [6.07, 6.45) is 0. The van der Waals surface area contributed by atoms with E-state index in [9.17, 15) is 0 Å². The highest BCUT2D eigenvalue weighted by atomic mass is 16.6. The van der Waals surface area contributed by atoms with Crippen molar-refractivity contribution in [3.63, 3.8) is 0 Å². The molecule has 56 valence electrons. The van der Waals surface area contributed by atoms with Crippen LogP contribution in [-0.4, -0.2) is 12.3 Å². The van der Waals surface area contributed by atoms with Crippen molar-refractivity contribution in [2.75, 3.05) is 7.11 Å². The second kappa shape index (κ2) is 3.19. The molecule has 2 N–H and O–H groups in total. The van der Waals surface area contributed by atoms with Gasteiger partial charge in [-0.25, -0.2) is 5.90 Å². The van der Waals surface area contributed by atoms with E-state index in [-0.39, 0.29) is 6.61 Å². The number of hydrogen-bond acceptors (Lipinski definition) is 5. The van der Waals surface area contributed by atoms with Crippen LogP contribution < -0.4 is 10.6 Å². The second-order valence-corrected chi connectivity index (χ2v) is 1.65.